The first kappa shape index (κ1) is 31.0. The van der Waals surface area contributed by atoms with Gasteiger partial charge in [0.05, 0.1) is 23.7 Å². The van der Waals surface area contributed by atoms with E-state index in [0.717, 1.165) is 22.3 Å². The van der Waals surface area contributed by atoms with E-state index in [2.05, 4.69) is 5.32 Å². The van der Waals surface area contributed by atoms with Gasteiger partial charge in [-0.15, -0.1) is 0 Å². The number of amides is 2. The molecule has 0 fully saturated rings. The summed E-state index contributed by atoms with van der Waals surface area (Å²) in [6.07, 6.45) is -0.971. The van der Waals surface area contributed by atoms with Crippen LogP contribution in [0.3, 0.4) is 0 Å². The van der Waals surface area contributed by atoms with Crippen molar-refractivity contribution in [2.75, 3.05) is 18.0 Å². The van der Waals surface area contributed by atoms with Crippen LogP contribution in [0.5, 0.6) is 5.75 Å². The molecule has 1 aliphatic heterocycles. The second-order valence-corrected chi connectivity index (χ2v) is 13.1. The summed E-state index contributed by atoms with van der Waals surface area (Å²) in [4.78, 5) is 29.0. The van der Waals surface area contributed by atoms with E-state index in [0.29, 0.717) is 29.1 Å². The van der Waals surface area contributed by atoms with Crippen molar-refractivity contribution >= 4 is 27.5 Å². The molecule has 5 rings (SSSR count). The molecule has 1 aliphatic rings. The number of nitrogens with one attached hydrogen (secondary N) is 1. The monoisotopic (exact) mass is 611 g/mol. The van der Waals surface area contributed by atoms with Crippen molar-refractivity contribution in [3.63, 3.8) is 0 Å². The van der Waals surface area contributed by atoms with Crippen molar-refractivity contribution in [3.05, 3.63) is 124 Å². The summed E-state index contributed by atoms with van der Waals surface area (Å²) in [7, 11) is -4.09. The largest absolute Gasteiger partial charge is 0.477 e. The van der Waals surface area contributed by atoms with Crippen LogP contribution in [0.1, 0.15) is 33.4 Å². The summed E-state index contributed by atoms with van der Waals surface area (Å²) >= 11 is 0. The molecule has 1 atom stereocenters. The molecule has 0 saturated carbocycles. The highest BCUT2D eigenvalue weighted by molar-refractivity contribution is 7.89. The maximum Gasteiger partial charge on any atom is 0.263 e. The van der Waals surface area contributed by atoms with Gasteiger partial charge in [-0.05, 0) is 62.1 Å². The molecule has 0 aliphatic carbocycles. The van der Waals surface area contributed by atoms with Crippen LogP contribution in [-0.2, 0) is 32.7 Å². The van der Waals surface area contributed by atoms with Crippen molar-refractivity contribution in [1.29, 1.82) is 0 Å². The average molecular weight is 612 g/mol. The van der Waals surface area contributed by atoms with Crippen molar-refractivity contribution < 1.29 is 22.7 Å². The average Bonchev–Trinajstić information content (AvgIpc) is 2.99. The normalized spacial score (nSPS) is 14.6. The van der Waals surface area contributed by atoms with Crippen LogP contribution in [0.25, 0.3) is 0 Å². The number of benzene rings is 4. The Hall–Kier alpha value is -4.47. The standard InChI is InChI=1S/C35H37N3O5S/c1-24-14-16-29(17-15-24)21-37(44(41,42)34-26(3)18-25(2)19-27(34)4)23-33(39)38-22-32(43-31-13-9-8-12-30(31)38)35(40)36-20-28-10-6-5-7-11-28/h5-19,32H,20-23H2,1-4H3,(H,36,40). The quantitative estimate of drug-likeness (QED) is 0.280. The third-order valence-electron chi connectivity index (χ3n) is 7.67. The maximum atomic E-state index is 14.3. The first-order chi connectivity index (χ1) is 21.0. The zero-order chi connectivity index (χ0) is 31.4. The molecule has 4 aromatic carbocycles. The number of rotatable bonds is 9. The van der Waals surface area contributed by atoms with Crippen molar-refractivity contribution in [3.8, 4) is 5.75 Å². The van der Waals surface area contributed by atoms with Gasteiger partial charge < -0.3 is 15.0 Å². The van der Waals surface area contributed by atoms with Gasteiger partial charge in [-0.2, -0.15) is 4.31 Å². The van der Waals surface area contributed by atoms with Gasteiger partial charge >= 0.3 is 0 Å². The van der Waals surface area contributed by atoms with Crippen LogP contribution >= 0.6 is 0 Å². The van der Waals surface area contributed by atoms with Crippen LogP contribution in [-0.4, -0.2) is 43.7 Å². The Morgan fingerprint density at radius 3 is 2.16 bits per heavy atom. The molecule has 8 nitrogen and oxygen atoms in total. The lowest BCUT2D eigenvalue weighted by molar-refractivity contribution is -0.128. The molecule has 0 aromatic heterocycles. The van der Waals surface area contributed by atoms with Crippen LogP contribution in [0.15, 0.2) is 95.9 Å². The van der Waals surface area contributed by atoms with Gasteiger partial charge in [-0.25, -0.2) is 8.42 Å². The predicted molar refractivity (Wildman–Crippen MR) is 171 cm³/mol. The number of hydrogen-bond donors (Lipinski definition) is 1. The Bertz CT molecular complexity index is 1750. The van der Waals surface area contributed by atoms with E-state index in [-0.39, 0.29) is 23.9 Å². The topological polar surface area (TPSA) is 96.0 Å². The zero-order valence-corrected chi connectivity index (χ0v) is 26.2. The fourth-order valence-corrected chi connectivity index (χ4v) is 7.36. The summed E-state index contributed by atoms with van der Waals surface area (Å²) in [5, 5.41) is 2.89. The van der Waals surface area contributed by atoms with Crippen molar-refractivity contribution in [2.24, 2.45) is 0 Å². The van der Waals surface area contributed by atoms with Crippen LogP contribution in [0.2, 0.25) is 0 Å². The number of carbonyl (C=O) groups excluding carboxylic acids is 2. The predicted octanol–water partition coefficient (Wildman–Crippen LogP) is 5.22. The number of fused-ring (bicyclic) bond motifs is 1. The van der Waals surface area contributed by atoms with Gasteiger partial charge in [0.2, 0.25) is 15.9 Å². The molecular formula is C35H37N3O5S. The molecule has 9 heteroatoms. The van der Waals surface area contributed by atoms with Crippen molar-refractivity contribution in [2.45, 2.75) is 51.8 Å². The molecule has 44 heavy (non-hydrogen) atoms. The smallest absolute Gasteiger partial charge is 0.263 e. The number of aryl methyl sites for hydroxylation is 4. The minimum absolute atomic E-state index is 0.00802. The number of carbonyl (C=O) groups is 2. The Morgan fingerprint density at radius 2 is 1.48 bits per heavy atom. The zero-order valence-electron chi connectivity index (χ0n) is 25.4. The highest BCUT2D eigenvalue weighted by Crippen LogP contribution is 2.34. The third kappa shape index (κ3) is 6.85. The molecule has 0 radical (unpaired) electrons. The van der Waals surface area contributed by atoms with E-state index in [1.807, 2.05) is 80.6 Å². The lowest BCUT2D eigenvalue weighted by Gasteiger charge is -2.35. The van der Waals surface area contributed by atoms with E-state index < -0.39 is 28.6 Å². The molecule has 4 aromatic rings. The van der Waals surface area contributed by atoms with Gasteiger partial charge in [-0.3, -0.25) is 9.59 Å². The number of nitrogens with zero attached hydrogens (tertiary/aromatic N) is 2. The first-order valence-corrected chi connectivity index (χ1v) is 16.0. The van der Waals surface area contributed by atoms with Gasteiger partial charge in [0, 0.05) is 13.1 Å². The summed E-state index contributed by atoms with van der Waals surface area (Å²) in [6.45, 7) is 7.27. The second kappa shape index (κ2) is 13.0. The van der Waals surface area contributed by atoms with Gasteiger partial charge in [0.25, 0.3) is 5.91 Å². The first-order valence-electron chi connectivity index (χ1n) is 14.5. The number of sulfonamides is 1. The summed E-state index contributed by atoms with van der Waals surface area (Å²) < 4.78 is 35.8. The summed E-state index contributed by atoms with van der Waals surface area (Å²) in [5.41, 5.74) is 5.43. The van der Waals surface area contributed by atoms with Gasteiger partial charge in [0.1, 0.15) is 5.75 Å². The SMILES string of the molecule is Cc1ccc(CN(CC(=O)N2CC(C(=O)NCc3ccccc3)Oc3ccccc32)S(=O)(=O)c2c(C)cc(C)cc2C)cc1. The van der Waals surface area contributed by atoms with E-state index in [1.54, 1.807) is 38.1 Å². The van der Waals surface area contributed by atoms with E-state index >= 15 is 0 Å². The molecular weight excluding hydrogens is 574 g/mol. The summed E-state index contributed by atoms with van der Waals surface area (Å²) in [6, 6.07) is 27.7. The lowest BCUT2D eigenvalue weighted by atomic mass is 10.1. The van der Waals surface area contributed by atoms with E-state index in [1.165, 1.54) is 9.21 Å². The molecule has 2 amide bonds. The lowest BCUT2D eigenvalue weighted by Crippen LogP contribution is -2.52. The van der Waals surface area contributed by atoms with E-state index in [4.69, 9.17) is 4.74 Å². The van der Waals surface area contributed by atoms with Gasteiger partial charge in [-0.1, -0.05) is 90.0 Å². The Labute approximate surface area is 259 Å². The van der Waals surface area contributed by atoms with E-state index in [9.17, 15) is 18.0 Å². The Kier molecular flexibility index (Phi) is 9.17. The molecule has 0 bridgehead atoms. The third-order valence-corrected chi connectivity index (χ3v) is 9.77. The minimum atomic E-state index is -4.09. The number of anilines is 1. The summed E-state index contributed by atoms with van der Waals surface area (Å²) in [5.74, 6) is -0.443. The van der Waals surface area contributed by atoms with Crippen molar-refractivity contribution in [1.82, 2.24) is 9.62 Å². The fourth-order valence-electron chi connectivity index (χ4n) is 5.57. The number of para-hydroxylation sites is 2. The minimum Gasteiger partial charge on any atom is -0.477 e. The molecule has 0 spiro atoms. The molecule has 228 valence electrons. The molecule has 0 saturated heterocycles. The maximum absolute atomic E-state index is 14.3. The second-order valence-electron chi connectivity index (χ2n) is 11.3. The molecule has 1 unspecified atom stereocenters. The highest BCUT2D eigenvalue weighted by Gasteiger charge is 2.37. The van der Waals surface area contributed by atoms with Gasteiger partial charge in [0.15, 0.2) is 6.10 Å². The number of ether oxygens (including phenoxy) is 1. The molecule has 1 N–H and O–H groups in total. The highest BCUT2D eigenvalue weighted by atomic mass is 32.2. The van der Waals surface area contributed by atoms with Crippen LogP contribution in [0.4, 0.5) is 5.69 Å². The van der Waals surface area contributed by atoms with Crippen LogP contribution in [0, 0.1) is 27.7 Å². The Balaban J connectivity index is 1.44. The fraction of sp³-hybridized carbons (Fsp3) is 0.257. The number of hydrogen-bond acceptors (Lipinski definition) is 5. The molecule has 1 heterocycles. The van der Waals surface area contributed by atoms with Crippen LogP contribution < -0.4 is 15.0 Å². The Morgan fingerprint density at radius 1 is 0.841 bits per heavy atom.